The minimum Gasteiger partial charge on any atom is -0.350 e. The summed E-state index contributed by atoms with van der Waals surface area (Å²) in [5.41, 5.74) is 0. The fourth-order valence-electron chi connectivity index (χ4n) is 3.71. The maximum absolute atomic E-state index is 12.7. The molecule has 2 saturated heterocycles. The lowest BCUT2D eigenvalue weighted by molar-refractivity contribution is -0.141. The van der Waals surface area contributed by atoms with Gasteiger partial charge in [-0.15, -0.1) is 11.3 Å². The van der Waals surface area contributed by atoms with E-state index in [1.54, 1.807) is 6.92 Å². The second-order valence-corrected chi connectivity index (χ2v) is 8.13. The van der Waals surface area contributed by atoms with Crippen LogP contribution in [0.4, 0.5) is 0 Å². The summed E-state index contributed by atoms with van der Waals surface area (Å²) in [7, 11) is 0. The van der Waals surface area contributed by atoms with E-state index >= 15 is 0 Å². The highest BCUT2D eigenvalue weighted by molar-refractivity contribution is 7.12. The lowest BCUT2D eigenvalue weighted by Crippen LogP contribution is -2.52. The molecule has 1 N–H and O–H groups in total. The topological polar surface area (TPSA) is 73.0 Å². The first kappa shape index (κ1) is 19.8. The van der Waals surface area contributed by atoms with E-state index in [-0.39, 0.29) is 23.6 Å². The lowest BCUT2D eigenvalue weighted by atomic mass is 9.95. The highest BCUT2D eigenvalue weighted by atomic mass is 32.1. The average Bonchev–Trinajstić information content (AvgIpc) is 3.23. The third kappa shape index (κ3) is 5.29. The van der Waals surface area contributed by atoms with Crippen LogP contribution < -0.4 is 5.32 Å². The molecule has 0 spiro atoms. The first-order valence-corrected chi connectivity index (χ1v) is 10.5. The number of carbonyl (C=O) groups is 3. The average molecular weight is 393 g/mol. The van der Waals surface area contributed by atoms with E-state index in [1.165, 1.54) is 11.3 Å². The summed E-state index contributed by atoms with van der Waals surface area (Å²) in [6.45, 7) is 7.55. The predicted octanol–water partition coefficient (Wildman–Crippen LogP) is 0.881. The molecule has 3 heterocycles. The minimum absolute atomic E-state index is 0.0179. The highest BCUT2D eigenvalue weighted by Gasteiger charge is 2.30. The van der Waals surface area contributed by atoms with Gasteiger partial charge >= 0.3 is 0 Å². The molecule has 0 bridgehead atoms. The molecule has 3 rings (SSSR count). The number of amides is 3. The van der Waals surface area contributed by atoms with Crippen molar-refractivity contribution >= 4 is 29.1 Å². The van der Waals surface area contributed by atoms with Gasteiger partial charge in [0.15, 0.2) is 0 Å². The smallest absolute Gasteiger partial charge is 0.261 e. The molecule has 27 heavy (non-hydrogen) atoms. The van der Waals surface area contributed by atoms with Gasteiger partial charge < -0.3 is 15.1 Å². The zero-order valence-corrected chi connectivity index (χ0v) is 16.7. The van der Waals surface area contributed by atoms with Gasteiger partial charge in [-0.1, -0.05) is 6.07 Å². The van der Waals surface area contributed by atoms with E-state index in [4.69, 9.17) is 0 Å². The Morgan fingerprint density at radius 3 is 2.37 bits per heavy atom. The number of hydrogen-bond acceptors (Lipinski definition) is 5. The molecule has 2 aliphatic rings. The molecule has 8 heteroatoms. The van der Waals surface area contributed by atoms with Gasteiger partial charge in [0.05, 0.1) is 4.88 Å². The SMILES string of the molecule is CC(=O)N1CCC(C(=O)N2CCN(CCNC(=O)c3cccs3)CC2)CC1. The van der Waals surface area contributed by atoms with Gasteiger partial charge in [0.2, 0.25) is 11.8 Å². The molecule has 7 nitrogen and oxygen atoms in total. The molecule has 0 aromatic carbocycles. The van der Waals surface area contributed by atoms with E-state index in [0.29, 0.717) is 19.6 Å². The molecule has 1 aromatic rings. The van der Waals surface area contributed by atoms with Crippen molar-refractivity contribution in [3.63, 3.8) is 0 Å². The summed E-state index contributed by atoms with van der Waals surface area (Å²) in [5, 5.41) is 4.85. The number of piperidine rings is 1. The number of likely N-dealkylation sites (tertiary alicyclic amines) is 1. The third-order valence-electron chi connectivity index (χ3n) is 5.43. The van der Waals surface area contributed by atoms with E-state index in [2.05, 4.69) is 10.2 Å². The van der Waals surface area contributed by atoms with Gasteiger partial charge in [0.25, 0.3) is 5.91 Å². The number of rotatable bonds is 5. The van der Waals surface area contributed by atoms with Crippen molar-refractivity contribution in [3.05, 3.63) is 22.4 Å². The Bertz CT molecular complexity index is 648. The first-order chi connectivity index (χ1) is 13.0. The Hall–Kier alpha value is -1.93. The van der Waals surface area contributed by atoms with Crippen LogP contribution in [0.5, 0.6) is 0 Å². The predicted molar refractivity (Wildman–Crippen MR) is 105 cm³/mol. The third-order valence-corrected chi connectivity index (χ3v) is 6.30. The molecule has 0 saturated carbocycles. The van der Waals surface area contributed by atoms with E-state index in [9.17, 15) is 14.4 Å². The van der Waals surface area contributed by atoms with Gasteiger partial charge in [-0.05, 0) is 24.3 Å². The molecule has 0 aliphatic carbocycles. The van der Waals surface area contributed by atoms with Gasteiger partial charge in [-0.2, -0.15) is 0 Å². The Morgan fingerprint density at radius 2 is 1.78 bits per heavy atom. The molecule has 0 unspecified atom stereocenters. The summed E-state index contributed by atoms with van der Waals surface area (Å²) < 4.78 is 0. The van der Waals surface area contributed by atoms with Gasteiger partial charge in [0.1, 0.15) is 0 Å². The fraction of sp³-hybridized carbons (Fsp3) is 0.632. The van der Waals surface area contributed by atoms with Crippen molar-refractivity contribution in [1.82, 2.24) is 20.0 Å². The second-order valence-electron chi connectivity index (χ2n) is 7.18. The van der Waals surface area contributed by atoms with Crippen LogP contribution in [0.3, 0.4) is 0 Å². The maximum atomic E-state index is 12.7. The van der Waals surface area contributed by atoms with E-state index < -0.39 is 0 Å². The summed E-state index contributed by atoms with van der Waals surface area (Å²) in [6, 6.07) is 3.70. The van der Waals surface area contributed by atoms with Gasteiger partial charge in [0, 0.05) is 65.2 Å². The Morgan fingerprint density at radius 1 is 1.07 bits per heavy atom. The van der Waals surface area contributed by atoms with Crippen molar-refractivity contribution < 1.29 is 14.4 Å². The van der Waals surface area contributed by atoms with Crippen molar-refractivity contribution in [2.75, 3.05) is 52.4 Å². The van der Waals surface area contributed by atoms with Crippen LogP contribution in [-0.4, -0.2) is 84.8 Å². The molecule has 1 aromatic heterocycles. The van der Waals surface area contributed by atoms with E-state index in [0.717, 1.165) is 50.4 Å². The molecule has 2 aliphatic heterocycles. The number of carbonyl (C=O) groups excluding carboxylic acids is 3. The normalized spacial score (nSPS) is 19.1. The number of nitrogens with one attached hydrogen (secondary N) is 1. The van der Waals surface area contributed by atoms with E-state index in [1.807, 2.05) is 27.3 Å². The Balaban J connectivity index is 1.34. The zero-order chi connectivity index (χ0) is 19.2. The lowest BCUT2D eigenvalue weighted by Gasteiger charge is -2.38. The number of thiophene rings is 1. The number of hydrogen-bond donors (Lipinski definition) is 1. The van der Waals surface area contributed by atoms with Crippen LogP contribution in [0.25, 0.3) is 0 Å². The molecule has 148 valence electrons. The van der Waals surface area contributed by atoms with Crippen molar-refractivity contribution in [2.45, 2.75) is 19.8 Å². The minimum atomic E-state index is -0.0179. The van der Waals surface area contributed by atoms with Crippen LogP contribution in [-0.2, 0) is 9.59 Å². The van der Waals surface area contributed by atoms with Gasteiger partial charge in [-0.25, -0.2) is 0 Å². The standard InChI is InChI=1S/C19H28N4O3S/c1-15(24)22-7-4-16(5-8-22)19(26)23-12-10-21(11-13-23)9-6-20-18(25)17-3-2-14-27-17/h2-3,14,16H,4-13H2,1H3,(H,20,25). The Kier molecular flexibility index (Phi) is 6.84. The fourth-order valence-corrected chi connectivity index (χ4v) is 4.35. The summed E-state index contributed by atoms with van der Waals surface area (Å²) in [4.78, 5) is 42.9. The van der Waals surface area contributed by atoms with Crippen LogP contribution in [0.1, 0.15) is 29.4 Å². The number of piperazine rings is 1. The Labute approximate surface area is 164 Å². The first-order valence-electron chi connectivity index (χ1n) is 9.63. The van der Waals surface area contributed by atoms with Crippen molar-refractivity contribution in [1.29, 1.82) is 0 Å². The molecule has 3 amide bonds. The number of nitrogens with zero attached hydrogens (tertiary/aromatic N) is 3. The molecular formula is C19H28N4O3S. The second kappa shape index (κ2) is 9.32. The van der Waals surface area contributed by atoms with Crippen LogP contribution >= 0.6 is 11.3 Å². The monoisotopic (exact) mass is 392 g/mol. The van der Waals surface area contributed by atoms with Crippen LogP contribution in [0.2, 0.25) is 0 Å². The van der Waals surface area contributed by atoms with Crippen molar-refractivity contribution in [3.8, 4) is 0 Å². The molecule has 0 radical (unpaired) electrons. The largest absolute Gasteiger partial charge is 0.350 e. The summed E-state index contributed by atoms with van der Waals surface area (Å²) >= 11 is 1.44. The summed E-state index contributed by atoms with van der Waals surface area (Å²) in [6.07, 6.45) is 1.54. The highest BCUT2D eigenvalue weighted by Crippen LogP contribution is 2.20. The van der Waals surface area contributed by atoms with Crippen LogP contribution in [0, 0.1) is 5.92 Å². The van der Waals surface area contributed by atoms with Gasteiger partial charge in [-0.3, -0.25) is 19.3 Å². The molecule has 0 atom stereocenters. The van der Waals surface area contributed by atoms with Crippen molar-refractivity contribution in [2.24, 2.45) is 5.92 Å². The maximum Gasteiger partial charge on any atom is 0.261 e. The quantitative estimate of drug-likeness (QED) is 0.807. The molecular weight excluding hydrogens is 364 g/mol. The summed E-state index contributed by atoms with van der Waals surface area (Å²) in [5.74, 6) is 0.373. The zero-order valence-electron chi connectivity index (χ0n) is 15.9. The molecule has 2 fully saturated rings. The van der Waals surface area contributed by atoms with Crippen LogP contribution in [0.15, 0.2) is 17.5 Å².